The molecule has 2 aromatic rings. The summed E-state index contributed by atoms with van der Waals surface area (Å²) in [6.07, 6.45) is 4.08. The molecular formula is C25H32ClN7O5. The fourth-order valence-electron chi connectivity index (χ4n) is 4.36. The lowest BCUT2D eigenvalue weighted by Crippen LogP contribution is -3.00. The zero-order valence-electron chi connectivity index (χ0n) is 21.3. The molecule has 0 saturated carbocycles. The Labute approximate surface area is 226 Å². The summed E-state index contributed by atoms with van der Waals surface area (Å²) in [6, 6.07) is 6.57. The molecule has 2 aliphatic heterocycles. The second kappa shape index (κ2) is 12.5. The van der Waals surface area contributed by atoms with E-state index in [4.69, 9.17) is 20.6 Å². The van der Waals surface area contributed by atoms with E-state index in [-0.39, 0.29) is 55.0 Å². The molecule has 1 saturated heterocycles. The van der Waals surface area contributed by atoms with Gasteiger partial charge in [0.2, 0.25) is 11.7 Å². The van der Waals surface area contributed by atoms with E-state index in [0.717, 1.165) is 12.8 Å². The van der Waals surface area contributed by atoms with E-state index in [1.54, 1.807) is 42.1 Å². The number of benzene rings is 1. The maximum absolute atomic E-state index is 13.0. The largest absolute Gasteiger partial charge is 1.00 e. The van der Waals surface area contributed by atoms with Crippen molar-refractivity contribution < 1.29 is 41.7 Å². The number of methoxy groups -OCH3 is 1. The minimum absolute atomic E-state index is 0. The van der Waals surface area contributed by atoms with E-state index in [9.17, 15) is 14.4 Å². The fraction of sp³-hybridized carbons (Fsp3) is 0.400. The van der Waals surface area contributed by atoms with E-state index < -0.39 is 0 Å². The highest BCUT2D eigenvalue weighted by atomic mass is 35.5. The first-order valence-electron chi connectivity index (χ1n) is 12.1. The van der Waals surface area contributed by atoms with Gasteiger partial charge in [-0.05, 0) is 31.0 Å². The third kappa shape index (κ3) is 6.25. The van der Waals surface area contributed by atoms with Crippen molar-refractivity contribution in [2.75, 3.05) is 32.1 Å². The molecule has 13 heteroatoms. The van der Waals surface area contributed by atoms with Crippen LogP contribution in [0, 0.1) is 0 Å². The molecule has 0 radical (unpaired) electrons. The predicted molar refractivity (Wildman–Crippen MR) is 137 cm³/mol. The quantitative estimate of drug-likeness (QED) is 0.183. The summed E-state index contributed by atoms with van der Waals surface area (Å²) >= 11 is 0. The number of nitrogens with zero attached hydrogens (tertiary/aromatic N) is 3. The number of nitrogens with one attached hydrogen (secondary N) is 2. The molecule has 0 unspecified atom stereocenters. The van der Waals surface area contributed by atoms with Crippen molar-refractivity contribution in [2.45, 2.75) is 31.7 Å². The number of nitrogens with two attached hydrogens (primary N) is 2. The summed E-state index contributed by atoms with van der Waals surface area (Å²) in [6.45, 7) is 1.10. The molecule has 4 rings (SSSR count). The van der Waals surface area contributed by atoms with Crippen LogP contribution in [0.1, 0.15) is 46.5 Å². The molecule has 1 fully saturated rings. The lowest BCUT2D eigenvalue weighted by atomic mass is 10.1. The Kier molecular flexibility index (Phi) is 9.35. The first-order chi connectivity index (χ1) is 17.8. The minimum atomic E-state index is -0.301. The number of hydrogen-bond donors (Lipinski definition) is 4. The number of amides is 3. The monoisotopic (exact) mass is 545 g/mol. The highest BCUT2D eigenvalue weighted by molar-refractivity contribution is 6.03. The summed E-state index contributed by atoms with van der Waals surface area (Å²) in [5.41, 5.74) is 6.78. The summed E-state index contributed by atoms with van der Waals surface area (Å²) in [4.78, 5) is 44.2. The number of carbonyl (C=O) groups is 3. The number of ether oxygens (including phenoxy) is 2. The van der Waals surface area contributed by atoms with Gasteiger partial charge in [0.05, 0.1) is 43.9 Å². The van der Waals surface area contributed by atoms with Crippen LogP contribution in [0.2, 0.25) is 0 Å². The molecule has 1 atom stereocenters. The first-order valence-corrected chi connectivity index (χ1v) is 12.1. The Balaban J connectivity index is 0.00000400. The van der Waals surface area contributed by atoms with Gasteiger partial charge in [0.15, 0.2) is 11.5 Å². The highest BCUT2D eigenvalue weighted by Gasteiger charge is 2.32. The molecule has 0 aliphatic carbocycles. The van der Waals surface area contributed by atoms with Crippen LogP contribution in [-0.2, 0) is 11.8 Å². The SMILES string of the molecule is COc1cc2c(cc1OCCC(=O)Nc1ccc(C(=O)NCCC(N)=[NH2+])n1C)N=C[C@@H]1CCCN1C2=O.[Cl-]. The number of halogens is 1. The number of aliphatic imine (C=N–C) groups is 1. The molecule has 3 amide bonds. The Bertz CT molecular complexity index is 1260. The van der Waals surface area contributed by atoms with Crippen LogP contribution in [0.15, 0.2) is 29.3 Å². The van der Waals surface area contributed by atoms with Crippen LogP contribution >= 0.6 is 0 Å². The Morgan fingerprint density at radius 3 is 2.76 bits per heavy atom. The molecule has 2 aliphatic rings. The molecule has 1 aromatic heterocycles. The number of carbonyl (C=O) groups excluding carboxylic acids is 3. The number of hydrogen-bond acceptors (Lipinski definition) is 6. The maximum Gasteiger partial charge on any atom is 0.267 e. The van der Waals surface area contributed by atoms with Crippen LogP contribution < -0.4 is 43.7 Å². The van der Waals surface area contributed by atoms with Gasteiger partial charge in [-0.1, -0.05) is 0 Å². The van der Waals surface area contributed by atoms with E-state index in [0.29, 0.717) is 53.8 Å². The average Bonchev–Trinajstić information content (AvgIpc) is 3.45. The number of rotatable bonds is 10. The maximum atomic E-state index is 13.0. The molecule has 6 N–H and O–H groups in total. The van der Waals surface area contributed by atoms with Gasteiger partial charge in [-0.25, -0.2) is 0 Å². The Hall–Kier alpha value is -4.06. The standard InChI is InChI=1S/C25H31N7O5.ClH/c1-31-18(24(34)28-9-7-21(26)27)5-6-22(31)30-23(33)8-11-37-20-13-17-16(12-19(20)36-2)25(35)32-10-3-4-15(32)14-29-17;/h5-6,12-15H,3-4,7-11H2,1-2H3,(H3,26,27)(H,28,34)(H,30,33);1H/t15-;/m0./s1. The Morgan fingerprint density at radius 1 is 1.24 bits per heavy atom. The molecule has 3 heterocycles. The van der Waals surface area contributed by atoms with Gasteiger partial charge in [-0.2, -0.15) is 0 Å². The highest BCUT2D eigenvalue weighted by Crippen LogP contribution is 2.38. The van der Waals surface area contributed by atoms with Crippen LogP contribution in [0.4, 0.5) is 11.5 Å². The van der Waals surface area contributed by atoms with Gasteiger partial charge in [0, 0.05) is 32.4 Å². The topological polar surface area (TPSA) is 166 Å². The number of fused-ring (bicyclic) bond motifs is 2. The van der Waals surface area contributed by atoms with Gasteiger partial charge in [0.1, 0.15) is 11.5 Å². The van der Waals surface area contributed by atoms with Gasteiger partial charge in [-0.3, -0.25) is 30.5 Å². The van der Waals surface area contributed by atoms with E-state index in [1.165, 1.54) is 7.11 Å². The van der Waals surface area contributed by atoms with E-state index in [2.05, 4.69) is 15.6 Å². The van der Waals surface area contributed by atoms with E-state index >= 15 is 0 Å². The fourth-order valence-corrected chi connectivity index (χ4v) is 4.36. The summed E-state index contributed by atoms with van der Waals surface area (Å²) in [7, 11) is 3.17. The minimum Gasteiger partial charge on any atom is -1.00 e. The van der Waals surface area contributed by atoms with Crippen molar-refractivity contribution in [3.8, 4) is 11.5 Å². The normalized spacial score (nSPS) is 15.6. The predicted octanol–water partition coefficient (Wildman–Crippen LogP) is -3.00. The average molecular weight is 546 g/mol. The molecule has 204 valence electrons. The summed E-state index contributed by atoms with van der Waals surface area (Å²) < 4.78 is 12.9. The molecular weight excluding hydrogens is 514 g/mol. The third-order valence-electron chi connectivity index (χ3n) is 6.37. The van der Waals surface area contributed by atoms with Crippen molar-refractivity contribution in [1.82, 2.24) is 14.8 Å². The van der Waals surface area contributed by atoms with Crippen molar-refractivity contribution in [3.05, 3.63) is 35.5 Å². The van der Waals surface area contributed by atoms with Crippen LogP contribution in [-0.4, -0.2) is 72.1 Å². The van der Waals surface area contributed by atoms with Crippen LogP contribution in [0.5, 0.6) is 11.5 Å². The molecule has 38 heavy (non-hydrogen) atoms. The van der Waals surface area contributed by atoms with Gasteiger partial charge >= 0.3 is 0 Å². The van der Waals surface area contributed by atoms with Crippen LogP contribution in [0.3, 0.4) is 0 Å². The summed E-state index contributed by atoms with van der Waals surface area (Å²) in [5, 5.41) is 10.9. The molecule has 1 aromatic carbocycles. The first kappa shape index (κ1) is 28.5. The number of anilines is 1. The molecule has 0 spiro atoms. The zero-order chi connectivity index (χ0) is 26.5. The Morgan fingerprint density at radius 2 is 2.03 bits per heavy atom. The van der Waals surface area contributed by atoms with Gasteiger partial charge < -0.3 is 42.0 Å². The van der Waals surface area contributed by atoms with Crippen LogP contribution in [0.25, 0.3) is 0 Å². The third-order valence-corrected chi connectivity index (χ3v) is 6.37. The van der Waals surface area contributed by atoms with Crippen molar-refractivity contribution in [2.24, 2.45) is 17.8 Å². The molecule has 0 bridgehead atoms. The van der Waals surface area contributed by atoms with E-state index in [1.807, 2.05) is 4.90 Å². The number of aromatic nitrogens is 1. The zero-order valence-corrected chi connectivity index (χ0v) is 22.1. The van der Waals surface area contributed by atoms with Gasteiger partial charge in [-0.15, -0.1) is 0 Å². The van der Waals surface area contributed by atoms with Crippen molar-refractivity contribution in [1.29, 1.82) is 0 Å². The molecule has 12 nitrogen and oxygen atoms in total. The second-order valence-corrected chi connectivity index (χ2v) is 8.90. The van der Waals surface area contributed by atoms with Crippen molar-refractivity contribution >= 4 is 41.3 Å². The second-order valence-electron chi connectivity index (χ2n) is 8.90. The number of amidine groups is 1. The smallest absolute Gasteiger partial charge is 0.267 e. The van der Waals surface area contributed by atoms with Gasteiger partial charge in [0.25, 0.3) is 11.8 Å². The lowest BCUT2D eigenvalue weighted by Gasteiger charge is -2.20. The van der Waals surface area contributed by atoms with Crippen molar-refractivity contribution in [3.63, 3.8) is 0 Å². The summed E-state index contributed by atoms with van der Waals surface area (Å²) in [5.74, 6) is 0.840. The lowest BCUT2D eigenvalue weighted by molar-refractivity contribution is -0.118.